The van der Waals surface area contributed by atoms with Crippen molar-refractivity contribution in [3.8, 4) is 0 Å². The topological polar surface area (TPSA) is 79.3 Å². The van der Waals surface area contributed by atoms with Crippen LogP contribution < -0.4 is 0 Å². The molecule has 2 aliphatic heterocycles. The number of rotatable bonds is 4. The van der Waals surface area contributed by atoms with Crippen LogP contribution in [0.1, 0.15) is 41.9 Å². The highest BCUT2D eigenvalue weighted by Gasteiger charge is 2.42. The molecule has 0 N–H and O–H groups in total. The maximum Gasteiger partial charge on any atom is 0.274 e. The fourth-order valence-corrected chi connectivity index (χ4v) is 4.39. The minimum absolute atomic E-state index is 0.0197. The number of amides is 2. The van der Waals surface area contributed by atoms with Gasteiger partial charge in [-0.05, 0) is 43.5 Å². The highest BCUT2D eigenvalue weighted by Crippen LogP contribution is 2.39. The van der Waals surface area contributed by atoms with Crippen LogP contribution in [0.2, 0.25) is 0 Å². The van der Waals surface area contributed by atoms with Crippen LogP contribution in [0.3, 0.4) is 0 Å². The molecule has 2 aromatic rings. The largest absolute Gasteiger partial charge is 0.342 e. The predicted molar refractivity (Wildman–Crippen MR) is 103 cm³/mol. The average Bonchev–Trinajstić information content (AvgIpc) is 2.75. The van der Waals surface area contributed by atoms with Gasteiger partial charge in [-0.3, -0.25) is 14.6 Å². The summed E-state index contributed by atoms with van der Waals surface area (Å²) in [6.07, 6.45) is 7.50. The van der Waals surface area contributed by atoms with Crippen LogP contribution in [0.15, 0.2) is 42.7 Å². The molecule has 0 aliphatic carbocycles. The van der Waals surface area contributed by atoms with Crippen molar-refractivity contribution in [3.63, 3.8) is 0 Å². The number of nitrogens with zero attached hydrogens (tertiary/aromatic N) is 5. The Morgan fingerprint density at radius 2 is 2.04 bits per heavy atom. The molecule has 28 heavy (non-hydrogen) atoms. The Hall–Kier alpha value is -2.83. The molecule has 7 heteroatoms. The number of hydrogen-bond donors (Lipinski definition) is 0. The molecule has 0 saturated carbocycles. The highest BCUT2D eigenvalue weighted by atomic mass is 16.2. The van der Waals surface area contributed by atoms with E-state index in [1.807, 2.05) is 28.0 Å². The number of aromatic nitrogens is 3. The summed E-state index contributed by atoms with van der Waals surface area (Å²) in [7, 11) is 0. The van der Waals surface area contributed by atoms with Gasteiger partial charge in [0.15, 0.2) is 5.69 Å². The minimum atomic E-state index is -0.0656. The van der Waals surface area contributed by atoms with Gasteiger partial charge in [0.05, 0.1) is 0 Å². The molecule has 0 aromatic carbocycles. The van der Waals surface area contributed by atoms with E-state index in [0.29, 0.717) is 31.7 Å². The second kappa shape index (κ2) is 8.04. The first-order valence-corrected chi connectivity index (χ1v) is 9.90. The summed E-state index contributed by atoms with van der Waals surface area (Å²) in [6.45, 7) is 2.80. The molecule has 2 saturated heterocycles. The molecule has 1 spiro atoms. The Morgan fingerprint density at radius 1 is 1.11 bits per heavy atom. The van der Waals surface area contributed by atoms with Crippen molar-refractivity contribution >= 4 is 11.8 Å². The van der Waals surface area contributed by atoms with E-state index < -0.39 is 0 Å². The molecule has 0 unspecified atom stereocenters. The third kappa shape index (κ3) is 4.03. The monoisotopic (exact) mass is 379 g/mol. The molecule has 4 rings (SSSR count). The normalized spacial score (nSPS) is 22.5. The van der Waals surface area contributed by atoms with Gasteiger partial charge in [0.1, 0.15) is 0 Å². The number of piperidine rings is 2. The second-order valence-electron chi connectivity index (χ2n) is 7.83. The summed E-state index contributed by atoms with van der Waals surface area (Å²) in [6, 6.07) is 9.30. The lowest BCUT2D eigenvalue weighted by atomic mass is 9.73. The number of carbonyl (C=O) groups is 2. The average molecular weight is 379 g/mol. The molecule has 1 atom stereocenters. The van der Waals surface area contributed by atoms with E-state index in [4.69, 9.17) is 0 Å². The van der Waals surface area contributed by atoms with Crippen molar-refractivity contribution in [2.75, 3.05) is 26.2 Å². The van der Waals surface area contributed by atoms with Crippen LogP contribution in [0.4, 0.5) is 0 Å². The minimum Gasteiger partial charge on any atom is -0.342 e. The Kier molecular flexibility index (Phi) is 5.32. The molecule has 4 heterocycles. The fourth-order valence-electron chi connectivity index (χ4n) is 4.39. The van der Waals surface area contributed by atoms with Crippen molar-refractivity contribution in [1.82, 2.24) is 25.0 Å². The molecule has 2 amide bonds. The molecule has 0 radical (unpaired) electrons. The first-order valence-electron chi connectivity index (χ1n) is 9.90. The Labute approximate surface area is 164 Å². The molecular formula is C21H25N5O2. The van der Waals surface area contributed by atoms with Crippen molar-refractivity contribution in [2.24, 2.45) is 5.41 Å². The molecule has 7 nitrogen and oxygen atoms in total. The van der Waals surface area contributed by atoms with E-state index in [-0.39, 0.29) is 17.2 Å². The quantitative estimate of drug-likeness (QED) is 0.811. The fraction of sp³-hybridized carbons (Fsp3) is 0.476. The van der Waals surface area contributed by atoms with Gasteiger partial charge in [-0.25, -0.2) is 0 Å². The van der Waals surface area contributed by atoms with Crippen molar-refractivity contribution in [3.05, 3.63) is 54.1 Å². The first-order chi connectivity index (χ1) is 13.7. The van der Waals surface area contributed by atoms with E-state index in [2.05, 4.69) is 15.2 Å². The van der Waals surface area contributed by atoms with Gasteiger partial charge in [0, 0.05) is 62.5 Å². The standard InChI is InChI=1S/C21H25N5O2/c27-19-7-10-21(15-25(19)14-8-17-5-1-2-11-22-17)9-4-13-26(16-21)20(28)18-6-3-12-23-24-18/h1-3,5-6,11-12H,4,7-10,13-16H2/t21-/m1/s1. The van der Waals surface area contributed by atoms with E-state index in [9.17, 15) is 9.59 Å². The molecule has 2 fully saturated rings. The summed E-state index contributed by atoms with van der Waals surface area (Å²) in [5, 5.41) is 7.79. The van der Waals surface area contributed by atoms with Gasteiger partial charge in [0.25, 0.3) is 5.91 Å². The van der Waals surface area contributed by atoms with E-state index >= 15 is 0 Å². The number of pyridine rings is 1. The smallest absolute Gasteiger partial charge is 0.274 e. The Balaban J connectivity index is 1.43. The number of hydrogen-bond acceptors (Lipinski definition) is 5. The highest BCUT2D eigenvalue weighted by molar-refractivity contribution is 5.92. The lowest BCUT2D eigenvalue weighted by molar-refractivity contribution is -0.138. The number of likely N-dealkylation sites (tertiary alicyclic amines) is 2. The van der Waals surface area contributed by atoms with Gasteiger partial charge in [0.2, 0.25) is 5.91 Å². The number of carbonyl (C=O) groups excluding carboxylic acids is 2. The third-order valence-electron chi connectivity index (χ3n) is 5.85. The van der Waals surface area contributed by atoms with Crippen LogP contribution in [0, 0.1) is 5.41 Å². The second-order valence-corrected chi connectivity index (χ2v) is 7.83. The zero-order valence-corrected chi connectivity index (χ0v) is 16.0. The molecule has 2 aliphatic rings. The zero-order valence-electron chi connectivity index (χ0n) is 16.0. The predicted octanol–water partition coefficient (Wildman–Crippen LogP) is 1.96. The van der Waals surface area contributed by atoms with Gasteiger partial charge in [-0.1, -0.05) is 6.07 Å². The van der Waals surface area contributed by atoms with E-state index in [0.717, 1.165) is 37.9 Å². The van der Waals surface area contributed by atoms with E-state index in [1.165, 1.54) is 0 Å². The van der Waals surface area contributed by atoms with E-state index in [1.54, 1.807) is 24.5 Å². The van der Waals surface area contributed by atoms with Crippen molar-refractivity contribution in [2.45, 2.75) is 32.1 Å². The summed E-state index contributed by atoms with van der Waals surface area (Å²) in [4.78, 5) is 33.5. The van der Waals surface area contributed by atoms with Crippen LogP contribution in [0.25, 0.3) is 0 Å². The van der Waals surface area contributed by atoms with Gasteiger partial charge in [-0.2, -0.15) is 5.10 Å². The maximum absolute atomic E-state index is 12.8. The van der Waals surface area contributed by atoms with Crippen LogP contribution >= 0.6 is 0 Å². The maximum atomic E-state index is 12.8. The van der Waals surface area contributed by atoms with Crippen LogP contribution in [-0.4, -0.2) is 63.0 Å². The molecule has 146 valence electrons. The van der Waals surface area contributed by atoms with Crippen molar-refractivity contribution < 1.29 is 9.59 Å². The summed E-state index contributed by atoms with van der Waals surface area (Å²) < 4.78 is 0. The molecular weight excluding hydrogens is 354 g/mol. The van der Waals surface area contributed by atoms with Crippen LogP contribution in [-0.2, 0) is 11.2 Å². The zero-order chi connectivity index (χ0) is 19.4. The SMILES string of the molecule is O=C1CC[C@]2(CCCN(C(=O)c3cccnn3)C2)CN1CCc1ccccn1. The lowest BCUT2D eigenvalue weighted by Crippen LogP contribution is -2.55. The molecule has 2 aromatic heterocycles. The Morgan fingerprint density at radius 3 is 2.82 bits per heavy atom. The van der Waals surface area contributed by atoms with Gasteiger partial charge >= 0.3 is 0 Å². The third-order valence-corrected chi connectivity index (χ3v) is 5.85. The summed E-state index contributed by atoms with van der Waals surface area (Å²) >= 11 is 0. The van der Waals surface area contributed by atoms with Crippen LogP contribution in [0.5, 0.6) is 0 Å². The molecule has 0 bridgehead atoms. The summed E-state index contributed by atoms with van der Waals surface area (Å²) in [5.74, 6) is 0.142. The van der Waals surface area contributed by atoms with Gasteiger partial charge < -0.3 is 9.80 Å². The van der Waals surface area contributed by atoms with Gasteiger partial charge in [-0.15, -0.1) is 5.10 Å². The first kappa shape index (κ1) is 18.5. The lowest BCUT2D eigenvalue weighted by Gasteiger charge is -2.48. The van der Waals surface area contributed by atoms with Crippen molar-refractivity contribution in [1.29, 1.82) is 0 Å². The Bertz CT molecular complexity index is 829. The summed E-state index contributed by atoms with van der Waals surface area (Å²) in [5.41, 5.74) is 1.37.